The Kier molecular flexibility index (Phi) is 2.65. The fourth-order valence-corrected chi connectivity index (χ4v) is 3.15. The Labute approximate surface area is 67.4 Å². The van der Waals surface area contributed by atoms with E-state index in [9.17, 15) is 9.00 Å². The van der Waals surface area contributed by atoms with Crippen LogP contribution >= 0.6 is 0 Å². The van der Waals surface area contributed by atoms with Gasteiger partial charge in [0.15, 0.2) is 0 Å². The van der Waals surface area contributed by atoms with Gasteiger partial charge in [0.2, 0.25) is 0 Å². The lowest BCUT2D eigenvalue weighted by molar-refractivity contribution is -0.111. The molecule has 11 heavy (non-hydrogen) atoms. The molecule has 0 aromatic rings. The standard InChI is InChI=1S/C7H13NO2S/c1-8-11(10)4-2-7(6-9)3-5-11/h6-7H,2-5H2,1H3. The maximum Gasteiger partial charge on any atom is 0.123 e. The molecule has 1 fully saturated rings. The minimum Gasteiger partial charge on any atom is -0.303 e. The number of carbonyl (C=O) groups excluding carboxylic acids is 1. The molecule has 1 aliphatic heterocycles. The van der Waals surface area contributed by atoms with E-state index in [4.69, 9.17) is 0 Å². The molecule has 0 atom stereocenters. The summed E-state index contributed by atoms with van der Waals surface area (Å²) >= 11 is 0. The first-order valence-corrected chi connectivity index (χ1v) is 5.61. The molecule has 1 aliphatic rings. The summed E-state index contributed by atoms with van der Waals surface area (Å²) in [6.45, 7) is 0. The van der Waals surface area contributed by atoms with Crippen molar-refractivity contribution in [3.05, 3.63) is 0 Å². The molecule has 4 heteroatoms. The molecule has 0 radical (unpaired) electrons. The average molecular weight is 175 g/mol. The van der Waals surface area contributed by atoms with E-state index in [-0.39, 0.29) is 5.92 Å². The smallest absolute Gasteiger partial charge is 0.123 e. The van der Waals surface area contributed by atoms with Crippen LogP contribution in [0.5, 0.6) is 0 Å². The van der Waals surface area contributed by atoms with Crippen LogP contribution in [0.4, 0.5) is 0 Å². The third-order valence-electron chi connectivity index (χ3n) is 2.14. The molecular weight excluding hydrogens is 162 g/mol. The first-order valence-electron chi connectivity index (χ1n) is 3.76. The Morgan fingerprint density at radius 3 is 2.36 bits per heavy atom. The summed E-state index contributed by atoms with van der Waals surface area (Å²) in [5.41, 5.74) is 0. The Bertz CT molecular complexity index is 239. The van der Waals surface area contributed by atoms with Crippen molar-refractivity contribution in [2.75, 3.05) is 18.6 Å². The van der Waals surface area contributed by atoms with Crippen LogP contribution in [0.25, 0.3) is 0 Å². The highest BCUT2D eigenvalue weighted by atomic mass is 32.2. The summed E-state index contributed by atoms with van der Waals surface area (Å²) in [6, 6.07) is 0. The van der Waals surface area contributed by atoms with Crippen LogP contribution in [0.3, 0.4) is 0 Å². The van der Waals surface area contributed by atoms with Gasteiger partial charge in [-0.1, -0.05) is 0 Å². The molecule has 64 valence electrons. The van der Waals surface area contributed by atoms with Crippen LogP contribution in [0.1, 0.15) is 12.8 Å². The van der Waals surface area contributed by atoms with Gasteiger partial charge in [0.25, 0.3) is 0 Å². The molecule has 1 rings (SSSR count). The van der Waals surface area contributed by atoms with Gasteiger partial charge in [0.1, 0.15) is 6.29 Å². The molecule has 0 spiro atoms. The molecule has 0 bridgehead atoms. The van der Waals surface area contributed by atoms with Gasteiger partial charge in [-0.2, -0.15) is 0 Å². The molecular formula is C7H13NO2S. The van der Waals surface area contributed by atoms with Crippen molar-refractivity contribution < 1.29 is 9.00 Å². The third-order valence-corrected chi connectivity index (χ3v) is 4.55. The molecule has 1 saturated heterocycles. The Morgan fingerprint density at radius 1 is 1.45 bits per heavy atom. The average Bonchev–Trinajstić information content (AvgIpc) is 2.06. The molecule has 0 saturated carbocycles. The fraction of sp³-hybridized carbons (Fsp3) is 0.857. The lowest BCUT2D eigenvalue weighted by atomic mass is 10.1. The van der Waals surface area contributed by atoms with Crippen molar-refractivity contribution in [3.8, 4) is 0 Å². The van der Waals surface area contributed by atoms with Gasteiger partial charge in [0, 0.05) is 34.2 Å². The SMILES string of the molecule is CN=S1(=O)CCC(C=O)CC1. The Morgan fingerprint density at radius 2 is 2.00 bits per heavy atom. The van der Waals surface area contributed by atoms with Gasteiger partial charge in [-0.15, -0.1) is 0 Å². The largest absolute Gasteiger partial charge is 0.303 e. The normalized spacial score (nSPS) is 38.1. The first kappa shape index (κ1) is 8.71. The number of hydrogen-bond donors (Lipinski definition) is 0. The Balaban J connectivity index is 2.62. The number of carbonyl (C=O) groups is 1. The molecule has 0 aromatic carbocycles. The van der Waals surface area contributed by atoms with Gasteiger partial charge in [-0.25, -0.2) is 8.57 Å². The van der Waals surface area contributed by atoms with E-state index in [0.717, 1.165) is 19.1 Å². The lowest BCUT2D eigenvalue weighted by Crippen LogP contribution is -2.23. The van der Waals surface area contributed by atoms with Crippen LogP contribution < -0.4 is 0 Å². The summed E-state index contributed by atoms with van der Waals surface area (Å²) in [5.74, 6) is 1.34. The van der Waals surface area contributed by atoms with Crippen molar-refractivity contribution in [2.45, 2.75) is 12.8 Å². The van der Waals surface area contributed by atoms with Crippen LogP contribution in [0.15, 0.2) is 4.36 Å². The Hall–Kier alpha value is -0.380. The highest BCUT2D eigenvalue weighted by Gasteiger charge is 2.20. The molecule has 0 aromatic heterocycles. The summed E-state index contributed by atoms with van der Waals surface area (Å²) in [7, 11) is -0.304. The van der Waals surface area contributed by atoms with Gasteiger partial charge in [-0.05, 0) is 12.8 Å². The van der Waals surface area contributed by atoms with Crippen molar-refractivity contribution in [3.63, 3.8) is 0 Å². The van der Waals surface area contributed by atoms with Crippen LogP contribution in [0.2, 0.25) is 0 Å². The summed E-state index contributed by atoms with van der Waals surface area (Å²) in [5, 5.41) is 0. The minimum atomic E-state index is -1.91. The van der Waals surface area contributed by atoms with Crippen molar-refractivity contribution in [1.29, 1.82) is 0 Å². The summed E-state index contributed by atoms with van der Waals surface area (Å²) < 4.78 is 15.4. The number of rotatable bonds is 1. The van der Waals surface area contributed by atoms with Gasteiger partial charge < -0.3 is 4.79 Å². The summed E-state index contributed by atoms with van der Waals surface area (Å²) in [4.78, 5) is 10.3. The van der Waals surface area contributed by atoms with Gasteiger partial charge in [-0.3, -0.25) is 0 Å². The van der Waals surface area contributed by atoms with Crippen molar-refractivity contribution in [1.82, 2.24) is 0 Å². The first-order chi connectivity index (χ1) is 5.20. The third kappa shape index (κ3) is 2.02. The second-order valence-corrected chi connectivity index (χ2v) is 5.56. The highest BCUT2D eigenvalue weighted by molar-refractivity contribution is 7.93. The second-order valence-electron chi connectivity index (χ2n) is 2.84. The van der Waals surface area contributed by atoms with E-state index in [1.165, 1.54) is 0 Å². The van der Waals surface area contributed by atoms with Crippen molar-refractivity contribution in [2.24, 2.45) is 10.3 Å². The van der Waals surface area contributed by atoms with E-state index in [1.807, 2.05) is 0 Å². The second kappa shape index (κ2) is 3.34. The monoisotopic (exact) mass is 175 g/mol. The topological polar surface area (TPSA) is 46.5 Å². The van der Waals surface area contributed by atoms with Crippen molar-refractivity contribution >= 4 is 16.0 Å². The molecule has 3 nitrogen and oxygen atoms in total. The predicted octanol–water partition coefficient (Wildman–Crippen LogP) is 0.693. The molecule has 0 unspecified atom stereocenters. The number of hydrogen-bond acceptors (Lipinski definition) is 3. The molecule has 0 N–H and O–H groups in total. The number of aldehydes is 1. The number of nitrogens with zero attached hydrogens (tertiary/aromatic N) is 1. The predicted molar refractivity (Wildman–Crippen MR) is 45.0 cm³/mol. The molecule has 1 heterocycles. The maximum absolute atomic E-state index is 11.6. The zero-order chi connectivity index (χ0) is 8.32. The zero-order valence-corrected chi connectivity index (χ0v) is 7.47. The van der Waals surface area contributed by atoms with Crippen LogP contribution in [0, 0.1) is 5.92 Å². The minimum absolute atomic E-state index is 0.131. The van der Waals surface area contributed by atoms with E-state index >= 15 is 0 Å². The van der Waals surface area contributed by atoms with Crippen LogP contribution in [-0.4, -0.2) is 29.0 Å². The van der Waals surface area contributed by atoms with Gasteiger partial charge in [0.05, 0.1) is 0 Å². The fourth-order valence-electron chi connectivity index (χ4n) is 1.24. The quantitative estimate of drug-likeness (QED) is 0.550. The van der Waals surface area contributed by atoms with E-state index in [2.05, 4.69) is 4.36 Å². The summed E-state index contributed by atoms with van der Waals surface area (Å²) in [6.07, 6.45) is 2.47. The maximum atomic E-state index is 11.6. The zero-order valence-electron chi connectivity index (χ0n) is 6.66. The lowest BCUT2D eigenvalue weighted by Gasteiger charge is -2.19. The van der Waals surface area contributed by atoms with E-state index < -0.39 is 9.73 Å². The van der Waals surface area contributed by atoms with Crippen LogP contribution in [-0.2, 0) is 14.5 Å². The highest BCUT2D eigenvalue weighted by Crippen LogP contribution is 2.17. The van der Waals surface area contributed by atoms with E-state index in [0.29, 0.717) is 11.5 Å². The van der Waals surface area contributed by atoms with Gasteiger partial charge >= 0.3 is 0 Å². The molecule has 0 aliphatic carbocycles. The molecule has 0 amide bonds. The van der Waals surface area contributed by atoms with E-state index in [1.54, 1.807) is 7.05 Å².